The number of hydrogen-bond donors (Lipinski definition) is 2. The van der Waals surface area contributed by atoms with Crippen molar-refractivity contribution >= 4 is 5.91 Å². The number of ether oxygens (including phenoxy) is 1. The van der Waals surface area contributed by atoms with Crippen molar-refractivity contribution in [2.45, 2.75) is 18.4 Å². The number of benzene rings is 1. The fourth-order valence-corrected chi connectivity index (χ4v) is 3.54. The molecule has 2 N–H and O–H groups in total. The van der Waals surface area contributed by atoms with Crippen LogP contribution in [0.25, 0.3) is 11.4 Å². The van der Waals surface area contributed by atoms with Crippen molar-refractivity contribution in [3.8, 4) is 11.4 Å². The molecule has 6 nitrogen and oxygen atoms in total. The van der Waals surface area contributed by atoms with Crippen LogP contribution in [0.2, 0.25) is 0 Å². The van der Waals surface area contributed by atoms with Gasteiger partial charge in [0, 0.05) is 26.5 Å². The Kier molecular flexibility index (Phi) is 4.34. The maximum Gasteiger partial charge on any atom is 0.270 e. The maximum absolute atomic E-state index is 12.9. The minimum absolute atomic E-state index is 0.149. The Labute approximate surface area is 152 Å². The first-order valence-electron chi connectivity index (χ1n) is 8.81. The smallest absolute Gasteiger partial charge is 0.270 e. The number of carbonyl (C=O) groups is 1. The number of hydrogen-bond acceptors (Lipinski definition) is 3. The van der Waals surface area contributed by atoms with Gasteiger partial charge in [0.2, 0.25) is 0 Å². The summed E-state index contributed by atoms with van der Waals surface area (Å²) >= 11 is 0. The topological polar surface area (TPSA) is 71.9 Å². The Balaban J connectivity index is 1.60. The van der Waals surface area contributed by atoms with Crippen molar-refractivity contribution in [1.29, 1.82) is 0 Å². The molecule has 0 unspecified atom stereocenters. The van der Waals surface area contributed by atoms with Crippen LogP contribution in [-0.2, 0) is 17.3 Å². The van der Waals surface area contributed by atoms with Gasteiger partial charge in [-0.05, 0) is 36.6 Å². The number of aromatic amines is 1. The molecule has 1 saturated heterocycles. The first-order chi connectivity index (χ1) is 12.7. The van der Waals surface area contributed by atoms with Crippen LogP contribution in [0.3, 0.4) is 0 Å². The highest BCUT2D eigenvalue weighted by atomic mass is 16.5. The highest BCUT2D eigenvalue weighted by Gasteiger charge is 2.36. The number of aromatic nitrogens is 3. The van der Waals surface area contributed by atoms with E-state index in [1.165, 1.54) is 0 Å². The summed E-state index contributed by atoms with van der Waals surface area (Å²) in [5.74, 6) is -0.149. The fraction of sp³-hybridized carbons (Fsp3) is 0.300. The van der Waals surface area contributed by atoms with E-state index >= 15 is 0 Å². The van der Waals surface area contributed by atoms with Crippen LogP contribution in [-0.4, -0.2) is 33.9 Å². The number of H-pyrrole nitrogens is 1. The van der Waals surface area contributed by atoms with E-state index in [4.69, 9.17) is 4.74 Å². The molecule has 134 valence electrons. The predicted octanol–water partition coefficient (Wildman–Crippen LogP) is 2.85. The Morgan fingerprint density at radius 2 is 1.96 bits per heavy atom. The molecule has 1 aliphatic heterocycles. The van der Waals surface area contributed by atoms with Crippen molar-refractivity contribution < 1.29 is 9.53 Å². The van der Waals surface area contributed by atoms with Crippen molar-refractivity contribution in [3.63, 3.8) is 0 Å². The van der Waals surface area contributed by atoms with Gasteiger partial charge in [0.05, 0.1) is 11.2 Å². The van der Waals surface area contributed by atoms with Gasteiger partial charge in [-0.1, -0.05) is 30.3 Å². The van der Waals surface area contributed by atoms with Gasteiger partial charge >= 0.3 is 0 Å². The summed E-state index contributed by atoms with van der Waals surface area (Å²) in [6.07, 6.45) is 3.46. The van der Waals surface area contributed by atoms with Gasteiger partial charge in [-0.3, -0.25) is 9.89 Å². The zero-order valence-corrected chi connectivity index (χ0v) is 14.7. The summed E-state index contributed by atoms with van der Waals surface area (Å²) in [5, 5.41) is 10.4. The van der Waals surface area contributed by atoms with Crippen LogP contribution in [0.15, 0.2) is 54.7 Å². The molecule has 3 heterocycles. The van der Waals surface area contributed by atoms with Crippen molar-refractivity contribution in [2.24, 2.45) is 7.05 Å². The van der Waals surface area contributed by atoms with Crippen molar-refractivity contribution in [3.05, 3.63) is 66.0 Å². The van der Waals surface area contributed by atoms with Gasteiger partial charge in [0.25, 0.3) is 5.91 Å². The fourth-order valence-electron chi connectivity index (χ4n) is 3.54. The molecule has 6 heteroatoms. The summed E-state index contributed by atoms with van der Waals surface area (Å²) in [5.41, 5.74) is 2.88. The molecule has 1 aromatic carbocycles. The van der Waals surface area contributed by atoms with Crippen molar-refractivity contribution in [1.82, 2.24) is 20.1 Å². The molecule has 3 aromatic rings. The lowest BCUT2D eigenvalue weighted by Gasteiger charge is -2.38. The standard InChI is InChI=1S/C20H22N4O2/c1-24-11-5-8-18(24)16-14-17(23-22-16)19(25)21-20(9-12-26-13-10-20)15-6-3-2-4-7-15/h2-8,11,14H,9-10,12-13H2,1H3,(H,21,25)(H,22,23). The van der Waals surface area contributed by atoms with E-state index in [0.717, 1.165) is 29.8 Å². The molecular formula is C20H22N4O2. The second-order valence-electron chi connectivity index (χ2n) is 6.69. The largest absolute Gasteiger partial charge is 0.381 e. The van der Waals surface area contributed by atoms with E-state index in [2.05, 4.69) is 27.6 Å². The third-order valence-corrected chi connectivity index (χ3v) is 5.05. The quantitative estimate of drug-likeness (QED) is 0.760. The van der Waals surface area contributed by atoms with E-state index in [1.54, 1.807) is 6.07 Å². The second-order valence-corrected chi connectivity index (χ2v) is 6.69. The summed E-state index contributed by atoms with van der Waals surface area (Å²) in [6, 6.07) is 15.8. The van der Waals surface area contributed by atoms with Crippen LogP contribution < -0.4 is 5.32 Å². The molecule has 1 fully saturated rings. The third-order valence-electron chi connectivity index (χ3n) is 5.05. The van der Waals surface area contributed by atoms with E-state index in [0.29, 0.717) is 18.9 Å². The molecule has 0 atom stereocenters. The molecule has 26 heavy (non-hydrogen) atoms. The van der Waals surface area contributed by atoms with Crippen LogP contribution in [0.1, 0.15) is 28.9 Å². The summed E-state index contributed by atoms with van der Waals surface area (Å²) < 4.78 is 7.50. The van der Waals surface area contributed by atoms with Crippen LogP contribution >= 0.6 is 0 Å². The maximum atomic E-state index is 12.9. The highest BCUT2D eigenvalue weighted by Crippen LogP contribution is 2.32. The van der Waals surface area contributed by atoms with Crippen molar-refractivity contribution in [2.75, 3.05) is 13.2 Å². The van der Waals surface area contributed by atoms with Gasteiger partial charge in [-0.2, -0.15) is 5.10 Å². The lowest BCUT2D eigenvalue weighted by Crippen LogP contribution is -2.49. The van der Waals surface area contributed by atoms with Gasteiger partial charge < -0.3 is 14.6 Å². The van der Waals surface area contributed by atoms with Gasteiger partial charge in [-0.15, -0.1) is 0 Å². The van der Waals surface area contributed by atoms with Crippen LogP contribution in [0.5, 0.6) is 0 Å². The van der Waals surface area contributed by atoms with Gasteiger partial charge in [0.15, 0.2) is 0 Å². The van der Waals surface area contributed by atoms with E-state index in [9.17, 15) is 4.79 Å². The number of nitrogens with zero attached hydrogens (tertiary/aromatic N) is 2. The average molecular weight is 350 g/mol. The Morgan fingerprint density at radius 3 is 2.65 bits per heavy atom. The predicted molar refractivity (Wildman–Crippen MR) is 98.6 cm³/mol. The van der Waals surface area contributed by atoms with E-state index in [-0.39, 0.29) is 5.91 Å². The molecule has 2 aromatic heterocycles. The molecular weight excluding hydrogens is 328 g/mol. The average Bonchev–Trinajstić information content (AvgIpc) is 3.32. The molecule has 4 rings (SSSR count). The van der Waals surface area contributed by atoms with Crippen LogP contribution in [0, 0.1) is 0 Å². The Hall–Kier alpha value is -2.86. The first kappa shape index (κ1) is 16.6. The van der Waals surface area contributed by atoms with E-state index < -0.39 is 5.54 Å². The number of nitrogens with one attached hydrogen (secondary N) is 2. The minimum atomic E-state index is -0.410. The van der Waals surface area contributed by atoms with Crippen LogP contribution in [0.4, 0.5) is 0 Å². The summed E-state index contributed by atoms with van der Waals surface area (Å²) in [4.78, 5) is 12.9. The number of aryl methyl sites for hydroxylation is 1. The Bertz CT molecular complexity index is 891. The molecule has 0 radical (unpaired) electrons. The molecule has 1 amide bonds. The molecule has 0 bridgehead atoms. The lowest BCUT2D eigenvalue weighted by atomic mass is 9.82. The number of amides is 1. The lowest BCUT2D eigenvalue weighted by molar-refractivity contribution is 0.0344. The normalized spacial score (nSPS) is 16.3. The van der Waals surface area contributed by atoms with E-state index in [1.807, 2.05) is 48.1 Å². The SMILES string of the molecule is Cn1cccc1-c1cc(C(=O)NC2(c3ccccc3)CCOCC2)[nH]n1. The first-order valence-corrected chi connectivity index (χ1v) is 8.81. The Morgan fingerprint density at radius 1 is 1.19 bits per heavy atom. The summed E-state index contributed by atoms with van der Waals surface area (Å²) in [6.45, 7) is 1.26. The number of rotatable bonds is 4. The van der Waals surface area contributed by atoms with Gasteiger partial charge in [-0.25, -0.2) is 0 Å². The zero-order valence-electron chi connectivity index (χ0n) is 14.7. The minimum Gasteiger partial charge on any atom is -0.381 e. The van der Waals surface area contributed by atoms with Gasteiger partial charge in [0.1, 0.15) is 11.4 Å². The monoisotopic (exact) mass is 350 g/mol. The zero-order chi connectivity index (χ0) is 18.0. The molecule has 1 aliphatic rings. The molecule has 0 saturated carbocycles. The third kappa shape index (κ3) is 3.04. The number of carbonyl (C=O) groups excluding carboxylic acids is 1. The highest BCUT2D eigenvalue weighted by molar-refractivity contribution is 5.93. The summed E-state index contributed by atoms with van der Waals surface area (Å²) in [7, 11) is 1.95. The molecule has 0 spiro atoms. The second kappa shape index (κ2) is 6.80. The molecule has 0 aliphatic carbocycles.